The lowest BCUT2D eigenvalue weighted by atomic mass is 9.79. The van der Waals surface area contributed by atoms with E-state index < -0.39 is 20.7 Å². The molecule has 0 aliphatic rings. The number of phenolic OH excluding ortho intramolecular Hbond substituents is 2. The molecule has 0 unspecified atom stereocenters. The van der Waals surface area contributed by atoms with Gasteiger partial charge in [-0.1, -0.05) is 39.8 Å². The zero-order valence-corrected chi connectivity index (χ0v) is 25.1. The molecule has 2 aromatic carbocycles. The minimum atomic E-state index is -4.33. The molecule has 0 saturated carbocycles. The van der Waals surface area contributed by atoms with Crippen LogP contribution in [0.4, 0.5) is 0 Å². The van der Waals surface area contributed by atoms with Gasteiger partial charge in [-0.25, -0.2) is 8.42 Å². The monoisotopic (exact) mass is 562 g/mol. The minimum absolute atomic E-state index is 0.248. The van der Waals surface area contributed by atoms with Crippen molar-refractivity contribution in [2.75, 3.05) is 14.2 Å². The second-order valence-corrected chi connectivity index (χ2v) is 13.3. The average Bonchev–Trinajstić information content (AvgIpc) is 2.86. The summed E-state index contributed by atoms with van der Waals surface area (Å²) in [5.41, 5.74) is 1.16. The Morgan fingerprint density at radius 2 is 1.05 bits per heavy atom. The zero-order chi connectivity index (χ0) is 29.8. The van der Waals surface area contributed by atoms with Crippen LogP contribution in [0, 0.1) is 13.8 Å². The Kier molecular flexibility index (Phi) is 10.2. The molecular formula is C30H42O8S. The number of aryl methyl sites for hydroxylation is 2. The third kappa shape index (κ3) is 7.53. The third-order valence-electron chi connectivity index (χ3n) is 7.49. The van der Waals surface area contributed by atoms with E-state index in [-0.39, 0.29) is 46.1 Å². The molecule has 0 bridgehead atoms. The van der Waals surface area contributed by atoms with Gasteiger partial charge in [-0.05, 0) is 84.7 Å². The maximum atomic E-state index is 14.0. The van der Waals surface area contributed by atoms with Crippen LogP contribution in [0.2, 0.25) is 0 Å². The van der Waals surface area contributed by atoms with E-state index in [9.17, 15) is 28.2 Å². The molecule has 0 spiro atoms. The summed E-state index contributed by atoms with van der Waals surface area (Å²) < 4.78 is 37.4. The third-order valence-corrected chi connectivity index (χ3v) is 9.27. The Bertz CT molecular complexity index is 1230. The van der Waals surface area contributed by atoms with Crippen LogP contribution in [0.1, 0.15) is 88.5 Å². The predicted molar refractivity (Wildman–Crippen MR) is 149 cm³/mol. The summed E-state index contributed by atoms with van der Waals surface area (Å²) >= 11 is 0. The Hall–Kier alpha value is -3.07. The summed E-state index contributed by atoms with van der Waals surface area (Å²) in [6.45, 7) is 11.1. The number of ether oxygens (including phenoxy) is 2. The first-order chi connectivity index (χ1) is 18.0. The second-order valence-electron chi connectivity index (χ2n) is 11.4. The van der Waals surface area contributed by atoms with Crippen LogP contribution in [-0.4, -0.2) is 44.8 Å². The molecule has 2 aromatic rings. The largest absolute Gasteiger partial charge is 0.506 e. The van der Waals surface area contributed by atoms with Crippen molar-refractivity contribution in [2.24, 2.45) is 0 Å². The molecule has 39 heavy (non-hydrogen) atoms. The molecule has 0 heterocycles. The molecule has 0 radical (unpaired) electrons. The number of aromatic hydroxyl groups is 2. The molecule has 8 nitrogen and oxygen atoms in total. The molecule has 0 aliphatic heterocycles. The van der Waals surface area contributed by atoms with E-state index >= 15 is 0 Å². The lowest BCUT2D eigenvalue weighted by Gasteiger charge is -2.28. The van der Waals surface area contributed by atoms with Crippen molar-refractivity contribution < 1.29 is 37.7 Å². The average molecular weight is 563 g/mol. The molecule has 0 amide bonds. The molecule has 0 saturated heterocycles. The Morgan fingerprint density at radius 1 is 0.718 bits per heavy atom. The molecule has 2 rings (SSSR count). The Morgan fingerprint density at radius 3 is 1.36 bits per heavy atom. The fourth-order valence-corrected chi connectivity index (χ4v) is 6.28. The number of benzene rings is 2. The van der Waals surface area contributed by atoms with Crippen molar-refractivity contribution in [3.05, 3.63) is 46.5 Å². The highest BCUT2D eigenvalue weighted by Crippen LogP contribution is 2.42. The van der Waals surface area contributed by atoms with Gasteiger partial charge in [0.05, 0.1) is 14.2 Å². The van der Waals surface area contributed by atoms with Gasteiger partial charge in [0.15, 0.2) is 0 Å². The summed E-state index contributed by atoms with van der Waals surface area (Å²) in [5, 5.41) is 21.8. The van der Waals surface area contributed by atoms with Crippen molar-refractivity contribution in [1.29, 1.82) is 0 Å². The summed E-state index contributed by atoms with van der Waals surface area (Å²) in [4.78, 5) is 22.5. The first-order valence-electron chi connectivity index (χ1n) is 13.0. The van der Waals surface area contributed by atoms with Crippen molar-refractivity contribution in [2.45, 2.75) is 101 Å². The van der Waals surface area contributed by atoms with Crippen LogP contribution in [0.25, 0.3) is 0 Å². The zero-order valence-electron chi connectivity index (χ0n) is 24.3. The quantitative estimate of drug-likeness (QED) is 0.311. The first kappa shape index (κ1) is 32.1. The van der Waals surface area contributed by atoms with Crippen LogP contribution >= 0.6 is 0 Å². The number of hydrogen-bond donors (Lipinski definition) is 2. The van der Waals surface area contributed by atoms with Gasteiger partial charge in [0.1, 0.15) is 21.3 Å². The van der Waals surface area contributed by atoms with Gasteiger partial charge in [0, 0.05) is 12.8 Å². The van der Waals surface area contributed by atoms with Crippen molar-refractivity contribution in [1.82, 2.24) is 0 Å². The highest BCUT2D eigenvalue weighted by Gasteiger charge is 2.32. The van der Waals surface area contributed by atoms with Gasteiger partial charge in [-0.2, -0.15) is 0 Å². The number of carbonyl (C=O) groups excluding carboxylic acids is 2. The number of hydrogen-bond acceptors (Lipinski definition) is 8. The van der Waals surface area contributed by atoms with Crippen LogP contribution in [0.15, 0.2) is 34.1 Å². The molecular weight excluding hydrogens is 520 g/mol. The van der Waals surface area contributed by atoms with Crippen molar-refractivity contribution in [3.8, 4) is 11.5 Å². The van der Waals surface area contributed by atoms with Gasteiger partial charge >= 0.3 is 11.9 Å². The molecule has 216 valence electrons. The van der Waals surface area contributed by atoms with E-state index in [0.29, 0.717) is 47.9 Å². The van der Waals surface area contributed by atoms with Crippen LogP contribution < -0.4 is 0 Å². The topological polar surface area (TPSA) is 127 Å². The fraction of sp³-hybridized carbons (Fsp3) is 0.533. The highest BCUT2D eigenvalue weighted by molar-refractivity contribution is 7.91. The number of sulfone groups is 1. The number of rotatable bonds is 12. The number of phenols is 2. The van der Waals surface area contributed by atoms with Crippen LogP contribution in [0.5, 0.6) is 11.5 Å². The van der Waals surface area contributed by atoms with Gasteiger partial charge in [-0.15, -0.1) is 0 Å². The second kappa shape index (κ2) is 12.4. The van der Waals surface area contributed by atoms with Gasteiger partial charge in [-0.3, -0.25) is 9.59 Å². The lowest BCUT2D eigenvalue weighted by molar-refractivity contribution is -0.141. The predicted octanol–water partition coefficient (Wildman–Crippen LogP) is 5.79. The van der Waals surface area contributed by atoms with E-state index in [1.54, 1.807) is 26.0 Å². The van der Waals surface area contributed by atoms with Crippen LogP contribution in [-0.2, 0) is 39.7 Å². The maximum Gasteiger partial charge on any atom is 0.305 e. The summed E-state index contributed by atoms with van der Waals surface area (Å²) in [5.74, 6) is -1.36. The number of carbonyl (C=O) groups is 2. The van der Waals surface area contributed by atoms with Gasteiger partial charge < -0.3 is 19.7 Å². The van der Waals surface area contributed by atoms with E-state index in [1.165, 1.54) is 26.4 Å². The standard InChI is InChI=1S/C30H42O8S/c1-19-15-21(29(3,4)13-9-11-25(31)37-7)17-23(27(19)33)39(35,36)24-18-22(16-20(2)28(24)34)30(5,6)14-10-12-26(32)38-8/h15-18,33-34H,9-14H2,1-8H3. The van der Waals surface area contributed by atoms with E-state index in [0.717, 1.165) is 0 Å². The van der Waals surface area contributed by atoms with Crippen molar-refractivity contribution in [3.63, 3.8) is 0 Å². The summed E-state index contributed by atoms with van der Waals surface area (Å²) in [7, 11) is -1.66. The minimum Gasteiger partial charge on any atom is -0.506 e. The van der Waals surface area contributed by atoms with E-state index in [2.05, 4.69) is 0 Å². The normalized spacial score (nSPS) is 12.3. The Labute approximate surface area is 232 Å². The van der Waals surface area contributed by atoms with Crippen molar-refractivity contribution >= 4 is 21.8 Å². The Balaban J connectivity index is 2.55. The number of methoxy groups -OCH3 is 2. The lowest BCUT2D eigenvalue weighted by Crippen LogP contribution is -2.20. The smallest absolute Gasteiger partial charge is 0.305 e. The molecule has 0 fully saturated rings. The van der Waals surface area contributed by atoms with Crippen LogP contribution in [0.3, 0.4) is 0 Å². The first-order valence-corrected chi connectivity index (χ1v) is 14.5. The SMILES string of the molecule is COC(=O)CCCC(C)(C)c1cc(C)c(O)c(S(=O)(=O)c2cc(C(C)(C)CCCC(=O)OC)cc(C)c2O)c1. The summed E-state index contributed by atoms with van der Waals surface area (Å²) in [6.07, 6.45) is 2.77. The molecule has 0 aliphatic carbocycles. The van der Waals surface area contributed by atoms with Gasteiger partial charge in [0.2, 0.25) is 9.84 Å². The fourth-order valence-electron chi connectivity index (χ4n) is 4.65. The highest BCUT2D eigenvalue weighted by atomic mass is 32.2. The summed E-state index contributed by atoms with van der Waals surface area (Å²) in [6, 6.07) is 6.41. The number of esters is 2. The molecule has 9 heteroatoms. The van der Waals surface area contributed by atoms with E-state index in [1.807, 2.05) is 27.7 Å². The molecule has 0 aromatic heterocycles. The maximum absolute atomic E-state index is 14.0. The van der Waals surface area contributed by atoms with Gasteiger partial charge in [0.25, 0.3) is 0 Å². The molecule has 2 N–H and O–H groups in total. The molecule has 0 atom stereocenters. The van der Waals surface area contributed by atoms with E-state index in [4.69, 9.17) is 9.47 Å².